The second-order valence-corrected chi connectivity index (χ2v) is 6.56. The molecule has 0 saturated heterocycles. The number of carbonyl (C=O) groups is 1. The summed E-state index contributed by atoms with van der Waals surface area (Å²) in [4.78, 5) is 12.3. The maximum Gasteiger partial charge on any atom is 0.436 e. The highest BCUT2D eigenvalue weighted by molar-refractivity contribution is 9.10. The van der Waals surface area contributed by atoms with Gasteiger partial charge in [-0.3, -0.25) is 9.48 Å². The van der Waals surface area contributed by atoms with Crippen molar-refractivity contribution in [3.63, 3.8) is 0 Å². The Hall–Kier alpha value is -2.23. The molecule has 1 aromatic heterocycles. The standard InChI is InChI=1S/C16H15BrF3N3O3/c1-8-13(17)14(16(18,19)20)22-23(8)9(2)15(24)21-6-10-3-4-11-12(5-10)26-7-25-11/h3-5,9H,6-7H2,1-2H3,(H,21,24). The van der Waals surface area contributed by atoms with E-state index in [1.165, 1.54) is 13.8 Å². The Bertz CT molecular complexity index is 851. The van der Waals surface area contributed by atoms with Crippen LogP contribution in [0.1, 0.15) is 29.9 Å². The fourth-order valence-electron chi connectivity index (χ4n) is 2.56. The largest absolute Gasteiger partial charge is 0.454 e. The lowest BCUT2D eigenvalue weighted by atomic mass is 10.2. The normalized spacial score (nSPS) is 14.4. The molecular weight excluding hydrogens is 419 g/mol. The molecule has 0 radical (unpaired) electrons. The second-order valence-electron chi connectivity index (χ2n) is 5.77. The van der Waals surface area contributed by atoms with Gasteiger partial charge in [-0.1, -0.05) is 6.07 Å². The number of amides is 1. The number of halogens is 4. The van der Waals surface area contributed by atoms with Gasteiger partial charge in [0.25, 0.3) is 0 Å². The molecule has 26 heavy (non-hydrogen) atoms. The highest BCUT2D eigenvalue weighted by atomic mass is 79.9. The quantitative estimate of drug-likeness (QED) is 0.800. The minimum absolute atomic E-state index is 0.150. The average Bonchev–Trinajstić information content (AvgIpc) is 3.16. The van der Waals surface area contributed by atoms with E-state index < -0.39 is 23.8 Å². The van der Waals surface area contributed by atoms with E-state index >= 15 is 0 Å². The van der Waals surface area contributed by atoms with Crippen LogP contribution < -0.4 is 14.8 Å². The smallest absolute Gasteiger partial charge is 0.436 e. The van der Waals surface area contributed by atoms with Gasteiger partial charge in [-0.15, -0.1) is 0 Å². The second kappa shape index (κ2) is 6.82. The average molecular weight is 434 g/mol. The van der Waals surface area contributed by atoms with Crippen LogP contribution in [0.5, 0.6) is 11.5 Å². The molecule has 0 spiro atoms. The van der Waals surface area contributed by atoms with Gasteiger partial charge in [0.1, 0.15) is 6.04 Å². The summed E-state index contributed by atoms with van der Waals surface area (Å²) < 4.78 is 50.2. The summed E-state index contributed by atoms with van der Waals surface area (Å²) in [6.07, 6.45) is -4.60. The molecule has 0 bridgehead atoms. The van der Waals surface area contributed by atoms with Crippen LogP contribution in [0.25, 0.3) is 0 Å². The summed E-state index contributed by atoms with van der Waals surface area (Å²) in [5, 5.41) is 6.24. The Morgan fingerprint density at radius 3 is 2.73 bits per heavy atom. The van der Waals surface area contributed by atoms with E-state index in [-0.39, 0.29) is 23.5 Å². The van der Waals surface area contributed by atoms with E-state index in [4.69, 9.17) is 9.47 Å². The number of fused-ring (bicyclic) bond motifs is 1. The van der Waals surface area contributed by atoms with Gasteiger partial charge in [0.15, 0.2) is 17.2 Å². The maximum absolute atomic E-state index is 13.0. The Morgan fingerprint density at radius 1 is 1.38 bits per heavy atom. The fraction of sp³-hybridized carbons (Fsp3) is 0.375. The number of carbonyl (C=O) groups excluding carboxylic acids is 1. The van der Waals surface area contributed by atoms with Crippen molar-refractivity contribution in [2.45, 2.75) is 32.6 Å². The lowest BCUT2D eigenvalue weighted by Crippen LogP contribution is -2.31. The zero-order chi connectivity index (χ0) is 19.1. The predicted octanol–water partition coefficient (Wildman–Crippen LogP) is 3.58. The Kier molecular flexibility index (Phi) is 4.87. The van der Waals surface area contributed by atoms with Gasteiger partial charge < -0.3 is 14.8 Å². The first-order valence-corrected chi connectivity index (χ1v) is 8.46. The number of hydrogen-bond acceptors (Lipinski definition) is 4. The molecule has 0 fully saturated rings. The molecule has 140 valence electrons. The van der Waals surface area contributed by atoms with Gasteiger partial charge in [0.05, 0.1) is 10.2 Å². The summed E-state index contributed by atoms with van der Waals surface area (Å²) >= 11 is 2.90. The summed E-state index contributed by atoms with van der Waals surface area (Å²) in [6.45, 7) is 3.31. The maximum atomic E-state index is 13.0. The molecular formula is C16H15BrF3N3O3. The molecule has 1 aromatic carbocycles. The lowest BCUT2D eigenvalue weighted by molar-refractivity contribution is -0.142. The number of aromatic nitrogens is 2. The highest BCUT2D eigenvalue weighted by Gasteiger charge is 2.38. The van der Waals surface area contributed by atoms with Crippen LogP contribution in [-0.2, 0) is 17.5 Å². The van der Waals surface area contributed by atoms with Crippen molar-refractivity contribution in [2.75, 3.05) is 6.79 Å². The zero-order valence-electron chi connectivity index (χ0n) is 13.9. The van der Waals surface area contributed by atoms with Crippen molar-refractivity contribution in [1.82, 2.24) is 15.1 Å². The number of rotatable bonds is 4. The number of ether oxygens (including phenoxy) is 2. The van der Waals surface area contributed by atoms with E-state index in [1.807, 2.05) is 0 Å². The van der Waals surface area contributed by atoms with E-state index in [0.717, 1.165) is 10.2 Å². The molecule has 1 unspecified atom stereocenters. The SMILES string of the molecule is Cc1c(Br)c(C(F)(F)F)nn1C(C)C(=O)NCc1ccc2c(c1)OCO2. The third kappa shape index (κ3) is 3.50. The molecule has 1 aliphatic rings. The minimum atomic E-state index is -4.60. The van der Waals surface area contributed by atoms with Gasteiger partial charge in [-0.25, -0.2) is 0 Å². The summed E-state index contributed by atoms with van der Waals surface area (Å²) in [7, 11) is 0. The monoisotopic (exact) mass is 433 g/mol. The number of benzene rings is 1. The summed E-state index contributed by atoms with van der Waals surface area (Å²) in [6, 6.07) is 4.34. The third-order valence-corrected chi connectivity index (χ3v) is 4.94. The van der Waals surface area contributed by atoms with Crippen LogP contribution in [0.3, 0.4) is 0 Å². The fourth-order valence-corrected chi connectivity index (χ4v) is 3.04. The van der Waals surface area contributed by atoms with Gasteiger partial charge >= 0.3 is 6.18 Å². The molecule has 10 heteroatoms. The van der Waals surface area contributed by atoms with Crippen LogP contribution in [0.2, 0.25) is 0 Å². The molecule has 1 atom stereocenters. The Balaban J connectivity index is 1.70. The highest BCUT2D eigenvalue weighted by Crippen LogP contribution is 2.36. The van der Waals surface area contributed by atoms with Crippen molar-refractivity contribution in [2.24, 2.45) is 0 Å². The molecule has 1 aliphatic heterocycles. The van der Waals surface area contributed by atoms with Crippen molar-refractivity contribution >= 4 is 21.8 Å². The molecule has 2 heterocycles. The van der Waals surface area contributed by atoms with Crippen LogP contribution in [0.4, 0.5) is 13.2 Å². The van der Waals surface area contributed by atoms with Gasteiger partial charge in [0, 0.05) is 6.54 Å². The van der Waals surface area contributed by atoms with Crippen molar-refractivity contribution in [3.05, 3.63) is 39.6 Å². The number of hydrogen-bond donors (Lipinski definition) is 1. The van der Waals surface area contributed by atoms with Gasteiger partial charge in [0.2, 0.25) is 12.7 Å². The van der Waals surface area contributed by atoms with Crippen LogP contribution in [0.15, 0.2) is 22.7 Å². The predicted molar refractivity (Wildman–Crippen MR) is 88.8 cm³/mol. The van der Waals surface area contributed by atoms with Crippen LogP contribution in [-0.4, -0.2) is 22.5 Å². The molecule has 0 saturated carbocycles. The van der Waals surface area contributed by atoms with E-state index in [2.05, 4.69) is 26.3 Å². The van der Waals surface area contributed by atoms with Gasteiger partial charge in [-0.05, 0) is 47.5 Å². The van der Waals surface area contributed by atoms with Crippen molar-refractivity contribution in [1.29, 1.82) is 0 Å². The molecule has 6 nitrogen and oxygen atoms in total. The van der Waals surface area contributed by atoms with E-state index in [0.29, 0.717) is 11.5 Å². The lowest BCUT2D eigenvalue weighted by Gasteiger charge is -2.15. The third-order valence-electron chi connectivity index (χ3n) is 4.00. The molecule has 1 amide bonds. The summed E-state index contributed by atoms with van der Waals surface area (Å²) in [5.41, 5.74) is -0.0439. The van der Waals surface area contributed by atoms with Crippen LogP contribution in [0, 0.1) is 6.92 Å². The Morgan fingerprint density at radius 2 is 2.08 bits per heavy atom. The van der Waals surface area contributed by atoms with E-state index in [1.54, 1.807) is 18.2 Å². The van der Waals surface area contributed by atoms with E-state index in [9.17, 15) is 18.0 Å². The number of nitrogens with zero attached hydrogens (tertiary/aromatic N) is 2. The first-order valence-electron chi connectivity index (χ1n) is 7.66. The number of nitrogens with one attached hydrogen (secondary N) is 1. The van der Waals surface area contributed by atoms with Crippen molar-refractivity contribution < 1.29 is 27.4 Å². The molecule has 2 aromatic rings. The van der Waals surface area contributed by atoms with Crippen molar-refractivity contribution in [3.8, 4) is 11.5 Å². The topological polar surface area (TPSA) is 65.4 Å². The summed E-state index contributed by atoms with van der Waals surface area (Å²) in [5.74, 6) is 0.770. The first-order chi connectivity index (χ1) is 12.2. The Labute approximate surface area is 155 Å². The molecule has 3 rings (SSSR count). The molecule has 1 N–H and O–H groups in total. The molecule has 0 aliphatic carbocycles. The van der Waals surface area contributed by atoms with Crippen LogP contribution >= 0.6 is 15.9 Å². The first kappa shape index (κ1) is 18.6. The number of alkyl halides is 3. The minimum Gasteiger partial charge on any atom is -0.454 e. The van der Waals surface area contributed by atoms with Gasteiger partial charge in [-0.2, -0.15) is 18.3 Å². The zero-order valence-corrected chi connectivity index (χ0v) is 15.4.